The van der Waals surface area contributed by atoms with E-state index in [1.807, 2.05) is 0 Å². The number of hydrogen-bond donors (Lipinski definition) is 2. The summed E-state index contributed by atoms with van der Waals surface area (Å²) in [5.74, 6) is 1.45. The van der Waals surface area contributed by atoms with Crippen molar-refractivity contribution in [1.82, 2.24) is 5.32 Å². The number of amides is 1. The fourth-order valence-corrected chi connectivity index (χ4v) is 3.10. The van der Waals surface area contributed by atoms with Gasteiger partial charge in [0.1, 0.15) is 0 Å². The van der Waals surface area contributed by atoms with Gasteiger partial charge in [-0.25, -0.2) is 4.79 Å². The second-order valence-electron chi connectivity index (χ2n) is 6.84. The van der Waals surface area contributed by atoms with Crippen molar-refractivity contribution in [3.63, 3.8) is 0 Å². The smallest absolute Gasteiger partial charge is 0.340 e. The average molecular weight is 462 g/mol. The largest absolute Gasteiger partial charge is 0.493 e. The molecule has 0 fully saturated rings. The van der Waals surface area contributed by atoms with Gasteiger partial charge in [0.25, 0.3) is 0 Å². The minimum atomic E-state index is -0.570. The van der Waals surface area contributed by atoms with Gasteiger partial charge in [-0.15, -0.1) is 0 Å². The zero-order valence-corrected chi connectivity index (χ0v) is 19.5. The van der Waals surface area contributed by atoms with Gasteiger partial charge in [-0.2, -0.15) is 0 Å². The Morgan fingerprint density at radius 1 is 0.848 bits per heavy atom. The van der Waals surface area contributed by atoms with Crippen molar-refractivity contribution in [3.05, 3.63) is 35.4 Å². The highest BCUT2D eigenvalue weighted by molar-refractivity contribution is 5.96. The molecule has 0 aliphatic heterocycles. The van der Waals surface area contributed by atoms with E-state index in [2.05, 4.69) is 5.32 Å². The molecule has 0 aliphatic rings. The van der Waals surface area contributed by atoms with Crippen LogP contribution in [-0.4, -0.2) is 60.6 Å². The van der Waals surface area contributed by atoms with Crippen LogP contribution in [0.2, 0.25) is 0 Å². The van der Waals surface area contributed by atoms with Gasteiger partial charge in [0.15, 0.2) is 23.0 Å². The summed E-state index contributed by atoms with van der Waals surface area (Å²) in [6, 6.07) is 6.44. The molecule has 2 aromatic carbocycles. The minimum Gasteiger partial charge on any atom is -0.493 e. The van der Waals surface area contributed by atoms with E-state index in [4.69, 9.17) is 34.2 Å². The van der Waals surface area contributed by atoms with Gasteiger partial charge in [0, 0.05) is 18.7 Å². The Bertz CT molecular complexity index is 952. The molecule has 0 spiro atoms. The third kappa shape index (κ3) is 6.58. The molecule has 3 N–H and O–H groups in total. The Balaban J connectivity index is 1.90. The topological polar surface area (TPSA) is 128 Å². The first-order chi connectivity index (χ1) is 15.9. The van der Waals surface area contributed by atoms with Crippen LogP contribution >= 0.6 is 0 Å². The van der Waals surface area contributed by atoms with E-state index < -0.39 is 5.97 Å². The Hall–Kier alpha value is -3.82. The van der Waals surface area contributed by atoms with Crippen LogP contribution in [0.4, 0.5) is 5.69 Å². The number of carbonyl (C=O) groups is 2. The molecule has 2 aromatic rings. The Morgan fingerprint density at radius 3 is 2.03 bits per heavy atom. The number of hydrogen-bond acceptors (Lipinski definition) is 9. The molecule has 0 saturated heterocycles. The van der Waals surface area contributed by atoms with Crippen LogP contribution in [0.15, 0.2) is 24.3 Å². The van der Waals surface area contributed by atoms with Crippen LogP contribution in [0, 0.1) is 0 Å². The van der Waals surface area contributed by atoms with Crippen LogP contribution in [-0.2, 0) is 16.0 Å². The molecule has 0 atom stereocenters. The third-order valence-corrected chi connectivity index (χ3v) is 4.73. The molecule has 0 saturated carbocycles. The van der Waals surface area contributed by atoms with E-state index in [1.54, 1.807) is 12.1 Å². The zero-order valence-electron chi connectivity index (χ0n) is 19.5. The number of esters is 1. The van der Waals surface area contributed by atoms with Crippen molar-refractivity contribution in [2.24, 2.45) is 0 Å². The van der Waals surface area contributed by atoms with Crippen molar-refractivity contribution in [2.45, 2.75) is 12.8 Å². The number of nitrogens with two attached hydrogens (primary N) is 1. The number of benzene rings is 2. The Labute approximate surface area is 192 Å². The molecule has 10 heteroatoms. The SMILES string of the molecule is COC(=O)c1cc(OCCCNC(=O)Cc2cc(OC)c(OC)c(OC)c2)c(OC)cc1N. The van der Waals surface area contributed by atoms with Crippen molar-refractivity contribution >= 4 is 17.6 Å². The van der Waals surface area contributed by atoms with E-state index in [0.717, 1.165) is 5.56 Å². The van der Waals surface area contributed by atoms with Crippen molar-refractivity contribution in [3.8, 4) is 28.7 Å². The summed E-state index contributed by atoms with van der Waals surface area (Å²) in [7, 11) is 7.30. The van der Waals surface area contributed by atoms with Gasteiger partial charge in [-0.3, -0.25) is 4.79 Å². The lowest BCUT2D eigenvalue weighted by Gasteiger charge is -2.14. The molecule has 0 bridgehead atoms. The summed E-state index contributed by atoms with van der Waals surface area (Å²) >= 11 is 0. The molecule has 2 rings (SSSR count). The highest BCUT2D eigenvalue weighted by Crippen LogP contribution is 2.38. The second-order valence-corrected chi connectivity index (χ2v) is 6.84. The van der Waals surface area contributed by atoms with Crippen LogP contribution in [0.3, 0.4) is 0 Å². The van der Waals surface area contributed by atoms with E-state index in [1.165, 1.54) is 47.7 Å². The van der Waals surface area contributed by atoms with Gasteiger partial charge in [-0.1, -0.05) is 0 Å². The number of rotatable bonds is 12. The van der Waals surface area contributed by atoms with Gasteiger partial charge >= 0.3 is 5.97 Å². The quantitative estimate of drug-likeness (QED) is 0.277. The molecule has 10 nitrogen and oxygen atoms in total. The highest BCUT2D eigenvalue weighted by Gasteiger charge is 2.17. The normalized spacial score (nSPS) is 10.2. The maximum atomic E-state index is 12.3. The van der Waals surface area contributed by atoms with Crippen molar-refractivity contribution in [1.29, 1.82) is 0 Å². The molecule has 0 heterocycles. The van der Waals surface area contributed by atoms with Crippen LogP contribution in [0.5, 0.6) is 28.7 Å². The fourth-order valence-electron chi connectivity index (χ4n) is 3.10. The van der Waals surface area contributed by atoms with E-state index in [9.17, 15) is 9.59 Å². The lowest BCUT2D eigenvalue weighted by molar-refractivity contribution is -0.120. The summed E-state index contributed by atoms with van der Waals surface area (Å²) in [4.78, 5) is 24.2. The zero-order chi connectivity index (χ0) is 24.4. The second kappa shape index (κ2) is 12.3. The van der Waals surface area contributed by atoms with Gasteiger partial charge in [0.2, 0.25) is 11.7 Å². The lowest BCUT2D eigenvalue weighted by Crippen LogP contribution is -2.27. The fraction of sp³-hybridized carbons (Fsp3) is 0.391. The monoisotopic (exact) mass is 462 g/mol. The maximum absolute atomic E-state index is 12.3. The number of carbonyl (C=O) groups excluding carboxylic acids is 2. The number of methoxy groups -OCH3 is 5. The van der Waals surface area contributed by atoms with Gasteiger partial charge in [0.05, 0.1) is 59.8 Å². The molecular weight excluding hydrogens is 432 g/mol. The number of nitrogens with one attached hydrogen (secondary N) is 1. The summed E-state index contributed by atoms with van der Waals surface area (Å²) in [6.45, 7) is 0.676. The molecule has 0 radical (unpaired) electrons. The Kier molecular flexibility index (Phi) is 9.46. The van der Waals surface area contributed by atoms with E-state index in [0.29, 0.717) is 41.7 Å². The molecule has 33 heavy (non-hydrogen) atoms. The minimum absolute atomic E-state index is 0.145. The summed E-state index contributed by atoms with van der Waals surface area (Å²) in [6.07, 6.45) is 0.675. The van der Waals surface area contributed by atoms with Crippen LogP contribution < -0.4 is 34.7 Å². The van der Waals surface area contributed by atoms with Crippen LogP contribution in [0.25, 0.3) is 0 Å². The predicted molar refractivity (Wildman–Crippen MR) is 122 cm³/mol. The highest BCUT2D eigenvalue weighted by atomic mass is 16.5. The number of anilines is 1. The first-order valence-corrected chi connectivity index (χ1v) is 10.1. The van der Waals surface area contributed by atoms with Crippen molar-refractivity contribution in [2.75, 3.05) is 54.4 Å². The standard InChI is InChI=1S/C23H30N2O8/c1-28-17-13-16(24)15(23(27)32-5)12-18(17)33-8-6-7-25-21(26)11-14-9-19(29-2)22(31-4)20(10-14)30-3/h9-10,12-13H,6-8,11,24H2,1-5H3,(H,25,26). The first kappa shape index (κ1) is 25.4. The first-order valence-electron chi connectivity index (χ1n) is 10.1. The average Bonchev–Trinajstić information content (AvgIpc) is 2.82. The lowest BCUT2D eigenvalue weighted by atomic mass is 10.1. The molecule has 0 aromatic heterocycles. The summed E-state index contributed by atoms with van der Waals surface area (Å²) < 4.78 is 31.6. The molecule has 180 valence electrons. The summed E-state index contributed by atoms with van der Waals surface area (Å²) in [5, 5.41) is 2.84. The third-order valence-electron chi connectivity index (χ3n) is 4.73. The van der Waals surface area contributed by atoms with E-state index in [-0.39, 0.29) is 30.2 Å². The Morgan fingerprint density at radius 2 is 1.48 bits per heavy atom. The number of nitrogen functional groups attached to an aromatic ring is 1. The predicted octanol–water partition coefficient (Wildman–Crippen LogP) is 2.22. The number of ether oxygens (including phenoxy) is 6. The van der Waals surface area contributed by atoms with E-state index >= 15 is 0 Å². The van der Waals surface area contributed by atoms with Crippen LogP contribution in [0.1, 0.15) is 22.3 Å². The van der Waals surface area contributed by atoms with Gasteiger partial charge < -0.3 is 39.5 Å². The molecule has 0 aliphatic carbocycles. The molecule has 1 amide bonds. The molecular formula is C23H30N2O8. The van der Waals surface area contributed by atoms with Gasteiger partial charge in [-0.05, 0) is 24.1 Å². The molecule has 0 unspecified atom stereocenters. The maximum Gasteiger partial charge on any atom is 0.340 e. The van der Waals surface area contributed by atoms with Crippen molar-refractivity contribution < 1.29 is 38.0 Å². The summed E-state index contributed by atoms with van der Waals surface area (Å²) in [5.41, 5.74) is 7.00.